The lowest BCUT2D eigenvalue weighted by Crippen LogP contribution is -2.36. The van der Waals surface area contributed by atoms with Crippen LogP contribution in [0.3, 0.4) is 0 Å². The number of carbonyl (C=O) groups is 1. The highest BCUT2D eigenvalue weighted by Gasteiger charge is 2.15. The zero-order valence-corrected chi connectivity index (χ0v) is 11.4. The van der Waals surface area contributed by atoms with Gasteiger partial charge in [0.05, 0.1) is 0 Å². The summed E-state index contributed by atoms with van der Waals surface area (Å²) in [5.74, 6) is -0.753. The molecule has 0 amide bonds. The lowest BCUT2D eigenvalue weighted by molar-refractivity contribution is -0.142. The molecule has 0 saturated heterocycles. The van der Waals surface area contributed by atoms with E-state index in [1.807, 2.05) is 19.0 Å². The highest BCUT2D eigenvalue weighted by molar-refractivity contribution is 5.72. The molecule has 0 aromatic heterocycles. The molecule has 0 radical (unpaired) electrons. The van der Waals surface area contributed by atoms with Gasteiger partial charge in [0, 0.05) is 6.67 Å². The van der Waals surface area contributed by atoms with Crippen LogP contribution in [-0.2, 0) is 4.79 Å². The van der Waals surface area contributed by atoms with Gasteiger partial charge in [0.2, 0.25) is 0 Å². The van der Waals surface area contributed by atoms with Crippen molar-refractivity contribution in [1.29, 1.82) is 0 Å². The number of hydrogen-bond acceptors (Lipinski definition) is 4. The molecular formula is C12H27N3O2. The van der Waals surface area contributed by atoms with Crippen molar-refractivity contribution in [2.24, 2.45) is 5.73 Å². The summed E-state index contributed by atoms with van der Waals surface area (Å²) in [5.41, 5.74) is 5.48. The summed E-state index contributed by atoms with van der Waals surface area (Å²) >= 11 is 0. The number of hydrogen-bond donors (Lipinski definition) is 2. The second kappa shape index (κ2) is 9.39. The van der Waals surface area contributed by atoms with Gasteiger partial charge in [-0.2, -0.15) is 0 Å². The molecule has 0 rings (SSSR count). The minimum absolute atomic E-state index is 0.390. The van der Waals surface area contributed by atoms with Crippen LogP contribution in [0, 0.1) is 0 Å². The molecular weight excluding hydrogens is 218 g/mol. The molecule has 0 aromatic rings. The van der Waals surface area contributed by atoms with Gasteiger partial charge >= 0.3 is 5.97 Å². The molecule has 0 aliphatic carbocycles. The number of unbranched alkanes of at least 4 members (excludes halogenated alkanes) is 3. The minimum Gasteiger partial charge on any atom is -0.480 e. The van der Waals surface area contributed by atoms with E-state index in [9.17, 15) is 4.79 Å². The summed E-state index contributed by atoms with van der Waals surface area (Å²) in [5, 5.41) is 8.82. The zero-order valence-electron chi connectivity index (χ0n) is 11.4. The van der Waals surface area contributed by atoms with Gasteiger partial charge in [-0.05, 0) is 47.0 Å². The maximum Gasteiger partial charge on any atom is 0.320 e. The quantitative estimate of drug-likeness (QED) is 0.440. The van der Waals surface area contributed by atoms with E-state index in [1.54, 1.807) is 6.92 Å². The maximum atomic E-state index is 10.7. The highest BCUT2D eigenvalue weighted by Crippen LogP contribution is 2.04. The topological polar surface area (TPSA) is 69.8 Å². The number of nitrogens with zero attached hydrogens (tertiary/aromatic N) is 2. The smallest absolute Gasteiger partial charge is 0.320 e. The number of rotatable bonds is 10. The average molecular weight is 245 g/mol. The van der Waals surface area contributed by atoms with Gasteiger partial charge in [0.25, 0.3) is 0 Å². The first-order chi connectivity index (χ1) is 7.99. The van der Waals surface area contributed by atoms with Crippen LogP contribution in [0.5, 0.6) is 0 Å². The van der Waals surface area contributed by atoms with Crippen LogP contribution in [0.4, 0.5) is 0 Å². The molecule has 17 heavy (non-hydrogen) atoms. The molecule has 5 nitrogen and oxygen atoms in total. The van der Waals surface area contributed by atoms with Crippen LogP contribution in [0.25, 0.3) is 0 Å². The van der Waals surface area contributed by atoms with Crippen molar-refractivity contribution >= 4 is 5.97 Å². The Morgan fingerprint density at radius 3 is 2.18 bits per heavy atom. The SMILES string of the molecule is CC(C(=O)O)N(C)CCCCCCN(C)CN. The van der Waals surface area contributed by atoms with E-state index in [4.69, 9.17) is 10.8 Å². The summed E-state index contributed by atoms with van der Waals surface area (Å²) in [6, 6.07) is -0.390. The standard InChI is InChI=1S/C12H27N3O2/c1-11(12(16)17)15(3)9-7-5-4-6-8-14(2)10-13/h11H,4-10,13H2,1-3H3,(H,16,17). The van der Waals surface area contributed by atoms with Crippen molar-refractivity contribution < 1.29 is 9.90 Å². The third kappa shape index (κ3) is 8.12. The Balaban J connectivity index is 3.42. The molecule has 0 bridgehead atoms. The van der Waals surface area contributed by atoms with Gasteiger partial charge in [0.1, 0.15) is 6.04 Å². The van der Waals surface area contributed by atoms with E-state index in [0.29, 0.717) is 6.67 Å². The highest BCUT2D eigenvalue weighted by atomic mass is 16.4. The zero-order chi connectivity index (χ0) is 13.3. The Morgan fingerprint density at radius 2 is 1.71 bits per heavy atom. The van der Waals surface area contributed by atoms with Gasteiger partial charge < -0.3 is 10.8 Å². The summed E-state index contributed by atoms with van der Waals surface area (Å²) in [6.45, 7) is 4.22. The number of carboxylic acids is 1. The number of aliphatic carboxylic acids is 1. The van der Waals surface area contributed by atoms with Crippen LogP contribution in [0.15, 0.2) is 0 Å². The molecule has 102 valence electrons. The number of likely N-dealkylation sites (N-methyl/N-ethyl adjacent to an activating group) is 1. The van der Waals surface area contributed by atoms with E-state index in [0.717, 1.165) is 32.4 Å². The Bertz CT molecular complexity index is 212. The van der Waals surface area contributed by atoms with Crippen molar-refractivity contribution in [2.45, 2.75) is 38.6 Å². The molecule has 1 atom stereocenters. The largest absolute Gasteiger partial charge is 0.480 e. The fourth-order valence-corrected chi connectivity index (χ4v) is 1.57. The molecule has 0 aliphatic heterocycles. The number of carboxylic acid groups (broad SMARTS) is 1. The van der Waals surface area contributed by atoms with Gasteiger partial charge in [0.15, 0.2) is 0 Å². The van der Waals surface area contributed by atoms with Crippen LogP contribution >= 0.6 is 0 Å². The Hall–Kier alpha value is -0.650. The monoisotopic (exact) mass is 245 g/mol. The van der Waals surface area contributed by atoms with Crippen LogP contribution in [0.2, 0.25) is 0 Å². The third-order valence-corrected chi connectivity index (χ3v) is 3.13. The van der Waals surface area contributed by atoms with Crippen LogP contribution in [0.1, 0.15) is 32.6 Å². The maximum absolute atomic E-state index is 10.7. The van der Waals surface area contributed by atoms with Crippen molar-refractivity contribution in [3.8, 4) is 0 Å². The van der Waals surface area contributed by atoms with Gasteiger partial charge in [-0.15, -0.1) is 0 Å². The summed E-state index contributed by atoms with van der Waals surface area (Å²) < 4.78 is 0. The Kier molecular flexibility index (Phi) is 9.03. The van der Waals surface area contributed by atoms with Gasteiger partial charge in [-0.3, -0.25) is 14.6 Å². The van der Waals surface area contributed by atoms with Crippen molar-refractivity contribution in [3.63, 3.8) is 0 Å². The molecule has 0 aromatic carbocycles. The summed E-state index contributed by atoms with van der Waals surface area (Å²) in [7, 11) is 3.88. The number of nitrogens with two attached hydrogens (primary N) is 1. The predicted molar refractivity (Wildman–Crippen MR) is 69.9 cm³/mol. The second-order valence-electron chi connectivity index (χ2n) is 4.67. The van der Waals surface area contributed by atoms with E-state index in [1.165, 1.54) is 6.42 Å². The Morgan fingerprint density at radius 1 is 1.18 bits per heavy atom. The molecule has 3 N–H and O–H groups in total. The van der Waals surface area contributed by atoms with Gasteiger partial charge in [-0.25, -0.2) is 0 Å². The lowest BCUT2D eigenvalue weighted by Gasteiger charge is -2.20. The van der Waals surface area contributed by atoms with Crippen molar-refractivity contribution in [3.05, 3.63) is 0 Å². The molecule has 0 spiro atoms. The summed E-state index contributed by atoms with van der Waals surface area (Å²) in [4.78, 5) is 14.7. The van der Waals surface area contributed by atoms with Crippen molar-refractivity contribution in [1.82, 2.24) is 9.80 Å². The minimum atomic E-state index is -0.753. The molecule has 0 saturated carbocycles. The Labute approximate surface area is 105 Å². The first-order valence-electron chi connectivity index (χ1n) is 6.30. The molecule has 5 heteroatoms. The lowest BCUT2D eigenvalue weighted by atomic mass is 10.1. The normalized spacial score (nSPS) is 13.3. The first kappa shape index (κ1) is 16.4. The fraction of sp³-hybridized carbons (Fsp3) is 0.917. The van der Waals surface area contributed by atoms with Crippen LogP contribution in [-0.4, -0.2) is 60.8 Å². The van der Waals surface area contributed by atoms with Gasteiger partial charge in [-0.1, -0.05) is 12.8 Å². The molecule has 0 fully saturated rings. The average Bonchev–Trinajstić information content (AvgIpc) is 2.31. The molecule has 0 heterocycles. The van der Waals surface area contributed by atoms with E-state index < -0.39 is 12.0 Å². The predicted octanol–water partition coefficient (Wildman–Crippen LogP) is 0.800. The van der Waals surface area contributed by atoms with E-state index in [-0.39, 0.29) is 0 Å². The fourth-order valence-electron chi connectivity index (χ4n) is 1.57. The van der Waals surface area contributed by atoms with E-state index in [2.05, 4.69) is 4.90 Å². The second-order valence-corrected chi connectivity index (χ2v) is 4.67. The molecule has 0 aliphatic rings. The summed E-state index contributed by atoms with van der Waals surface area (Å²) in [6.07, 6.45) is 4.54. The van der Waals surface area contributed by atoms with E-state index >= 15 is 0 Å². The molecule has 1 unspecified atom stereocenters. The van der Waals surface area contributed by atoms with Crippen LogP contribution < -0.4 is 5.73 Å². The third-order valence-electron chi connectivity index (χ3n) is 3.13. The first-order valence-corrected chi connectivity index (χ1v) is 6.30. The van der Waals surface area contributed by atoms with Crippen molar-refractivity contribution in [2.75, 3.05) is 33.9 Å².